The highest BCUT2D eigenvalue weighted by atomic mass is 32.2. The zero-order chi connectivity index (χ0) is 17.8. The molecule has 0 fully saturated rings. The number of tetrazole rings is 1. The Morgan fingerprint density at radius 1 is 1.24 bits per heavy atom. The number of carbonyl (C=O) groups excluding carboxylic acids is 1. The van der Waals surface area contributed by atoms with Crippen LogP contribution in [0.3, 0.4) is 0 Å². The van der Waals surface area contributed by atoms with Crippen molar-refractivity contribution in [2.24, 2.45) is 7.05 Å². The zero-order valence-corrected chi connectivity index (χ0v) is 15.2. The normalized spacial score (nSPS) is 10.8. The number of nitrogens with zero attached hydrogens (tertiary/aromatic N) is 5. The molecule has 3 aromatic rings. The maximum Gasteiger partial charge on any atom is 0.233 e. The van der Waals surface area contributed by atoms with Gasteiger partial charge in [-0.05, 0) is 45.0 Å². The molecule has 2 aromatic carbocycles. The minimum atomic E-state index is 0.0304. The van der Waals surface area contributed by atoms with Gasteiger partial charge < -0.3 is 9.64 Å². The van der Waals surface area contributed by atoms with Crippen molar-refractivity contribution in [2.75, 3.05) is 19.9 Å². The van der Waals surface area contributed by atoms with E-state index in [1.165, 1.54) is 11.8 Å². The molecule has 0 bridgehead atoms. The van der Waals surface area contributed by atoms with Crippen LogP contribution in [0.15, 0.2) is 41.6 Å². The Bertz CT molecular complexity index is 896. The van der Waals surface area contributed by atoms with Crippen molar-refractivity contribution in [1.29, 1.82) is 0 Å². The van der Waals surface area contributed by atoms with E-state index >= 15 is 0 Å². The summed E-state index contributed by atoms with van der Waals surface area (Å²) in [5.41, 5.74) is 1.08. The standard InChI is InChI=1S/C17H19N5O2S/c1-21(16(23)11-25-17-18-19-20-22(17)2)10-12-4-5-14-9-15(24-3)7-6-13(14)8-12/h4-9H,10-11H2,1-3H3. The van der Waals surface area contributed by atoms with Crippen LogP contribution >= 0.6 is 11.8 Å². The third-order valence-corrected chi connectivity index (χ3v) is 4.86. The minimum Gasteiger partial charge on any atom is -0.497 e. The van der Waals surface area contributed by atoms with E-state index in [4.69, 9.17) is 4.74 Å². The van der Waals surface area contributed by atoms with Gasteiger partial charge in [0.15, 0.2) is 0 Å². The second-order valence-corrected chi connectivity index (χ2v) is 6.61. The molecule has 3 rings (SSSR count). The summed E-state index contributed by atoms with van der Waals surface area (Å²) in [6.45, 7) is 0.554. The van der Waals surface area contributed by atoms with Crippen molar-refractivity contribution in [2.45, 2.75) is 11.7 Å². The van der Waals surface area contributed by atoms with Crippen molar-refractivity contribution in [3.05, 3.63) is 42.0 Å². The lowest BCUT2D eigenvalue weighted by molar-refractivity contribution is -0.127. The number of benzene rings is 2. The van der Waals surface area contributed by atoms with Crippen LogP contribution in [0, 0.1) is 0 Å². The second-order valence-electron chi connectivity index (χ2n) is 5.67. The predicted molar refractivity (Wildman–Crippen MR) is 96.5 cm³/mol. The number of rotatable bonds is 6. The fourth-order valence-corrected chi connectivity index (χ4v) is 3.23. The summed E-state index contributed by atoms with van der Waals surface area (Å²) in [5.74, 6) is 1.17. The maximum absolute atomic E-state index is 12.3. The SMILES string of the molecule is COc1ccc2cc(CN(C)C(=O)CSc3nnnn3C)ccc2c1. The van der Waals surface area contributed by atoms with E-state index in [-0.39, 0.29) is 5.91 Å². The van der Waals surface area contributed by atoms with E-state index in [9.17, 15) is 4.79 Å². The van der Waals surface area contributed by atoms with E-state index in [1.807, 2.05) is 30.3 Å². The molecule has 1 heterocycles. The van der Waals surface area contributed by atoms with Crippen LogP contribution in [-0.4, -0.2) is 50.9 Å². The number of aromatic nitrogens is 4. The minimum absolute atomic E-state index is 0.0304. The number of hydrogen-bond donors (Lipinski definition) is 0. The molecule has 0 radical (unpaired) electrons. The molecule has 8 heteroatoms. The molecule has 25 heavy (non-hydrogen) atoms. The van der Waals surface area contributed by atoms with Crippen molar-refractivity contribution < 1.29 is 9.53 Å². The molecule has 0 N–H and O–H groups in total. The number of hydrogen-bond acceptors (Lipinski definition) is 6. The predicted octanol–water partition coefficient (Wildman–Crippen LogP) is 2.12. The summed E-state index contributed by atoms with van der Waals surface area (Å²) in [7, 11) is 5.21. The Labute approximate surface area is 150 Å². The number of fused-ring (bicyclic) bond motifs is 1. The molecule has 0 aliphatic heterocycles. The number of thioether (sulfide) groups is 1. The van der Waals surface area contributed by atoms with Crippen molar-refractivity contribution in [3.8, 4) is 5.75 Å². The van der Waals surface area contributed by atoms with Gasteiger partial charge in [-0.3, -0.25) is 4.79 Å². The smallest absolute Gasteiger partial charge is 0.233 e. The highest BCUT2D eigenvalue weighted by Crippen LogP contribution is 2.22. The Kier molecular flexibility index (Phi) is 5.18. The first kappa shape index (κ1) is 17.2. The molecule has 130 valence electrons. The number of ether oxygens (including phenoxy) is 1. The molecule has 1 aromatic heterocycles. The van der Waals surface area contributed by atoms with E-state index in [1.54, 1.807) is 30.8 Å². The van der Waals surface area contributed by atoms with E-state index < -0.39 is 0 Å². The molecular weight excluding hydrogens is 338 g/mol. The van der Waals surface area contributed by atoms with Gasteiger partial charge in [0, 0.05) is 20.6 Å². The average molecular weight is 357 g/mol. The molecular formula is C17H19N5O2S. The molecule has 0 atom stereocenters. The Hall–Kier alpha value is -2.61. The first-order valence-electron chi connectivity index (χ1n) is 7.72. The number of methoxy groups -OCH3 is 1. The van der Waals surface area contributed by atoms with E-state index in [0.29, 0.717) is 17.5 Å². The average Bonchev–Trinajstić information content (AvgIpc) is 3.04. The van der Waals surface area contributed by atoms with Gasteiger partial charge in [0.25, 0.3) is 0 Å². The lowest BCUT2D eigenvalue weighted by atomic mass is 10.1. The van der Waals surface area contributed by atoms with Gasteiger partial charge in [-0.25, -0.2) is 4.68 Å². The quantitative estimate of drug-likeness (QED) is 0.629. The largest absolute Gasteiger partial charge is 0.497 e. The summed E-state index contributed by atoms with van der Waals surface area (Å²) >= 11 is 1.33. The highest BCUT2D eigenvalue weighted by Gasteiger charge is 2.12. The van der Waals surface area contributed by atoms with Crippen LogP contribution < -0.4 is 4.74 Å². The molecule has 0 saturated carbocycles. The summed E-state index contributed by atoms with van der Waals surface area (Å²) in [6.07, 6.45) is 0. The first-order valence-corrected chi connectivity index (χ1v) is 8.71. The fraction of sp³-hybridized carbons (Fsp3) is 0.294. The molecule has 0 saturated heterocycles. The summed E-state index contributed by atoms with van der Waals surface area (Å²) < 4.78 is 6.79. The van der Waals surface area contributed by atoms with Crippen LogP contribution in [0.4, 0.5) is 0 Å². The third-order valence-electron chi connectivity index (χ3n) is 3.86. The zero-order valence-electron chi connectivity index (χ0n) is 14.3. The Balaban J connectivity index is 1.63. The van der Waals surface area contributed by atoms with Gasteiger partial charge in [0.2, 0.25) is 11.1 Å². The number of aryl methyl sites for hydroxylation is 1. The van der Waals surface area contributed by atoms with Crippen molar-refractivity contribution in [1.82, 2.24) is 25.1 Å². The Morgan fingerprint density at radius 3 is 2.72 bits per heavy atom. The van der Waals surface area contributed by atoms with Crippen molar-refractivity contribution >= 4 is 28.4 Å². The van der Waals surface area contributed by atoms with Gasteiger partial charge in [0.05, 0.1) is 12.9 Å². The maximum atomic E-state index is 12.3. The lowest BCUT2D eigenvalue weighted by Gasteiger charge is -2.17. The van der Waals surface area contributed by atoms with Crippen LogP contribution in [-0.2, 0) is 18.4 Å². The number of carbonyl (C=O) groups is 1. The topological polar surface area (TPSA) is 73.1 Å². The first-order chi connectivity index (χ1) is 12.1. The molecule has 7 nitrogen and oxygen atoms in total. The summed E-state index contributed by atoms with van der Waals surface area (Å²) in [6, 6.07) is 12.1. The molecule has 0 aliphatic rings. The van der Waals surface area contributed by atoms with Gasteiger partial charge in [-0.2, -0.15) is 0 Å². The van der Waals surface area contributed by atoms with Crippen LogP contribution in [0.25, 0.3) is 10.8 Å². The molecule has 1 amide bonds. The van der Waals surface area contributed by atoms with Gasteiger partial charge in [0.1, 0.15) is 5.75 Å². The lowest BCUT2D eigenvalue weighted by Crippen LogP contribution is -2.27. The molecule has 0 aliphatic carbocycles. The summed E-state index contributed by atoms with van der Waals surface area (Å²) in [4.78, 5) is 14.0. The van der Waals surface area contributed by atoms with E-state index in [0.717, 1.165) is 22.1 Å². The fourth-order valence-electron chi connectivity index (χ4n) is 2.44. The monoisotopic (exact) mass is 357 g/mol. The number of amides is 1. The second kappa shape index (κ2) is 7.52. The highest BCUT2D eigenvalue weighted by molar-refractivity contribution is 7.99. The summed E-state index contributed by atoms with van der Waals surface area (Å²) in [5, 5.41) is 14.0. The van der Waals surface area contributed by atoms with Crippen LogP contribution in [0.2, 0.25) is 0 Å². The molecule has 0 spiro atoms. The van der Waals surface area contributed by atoms with Crippen LogP contribution in [0.1, 0.15) is 5.56 Å². The molecule has 0 unspecified atom stereocenters. The Morgan fingerprint density at radius 2 is 2.00 bits per heavy atom. The van der Waals surface area contributed by atoms with Crippen molar-refractivity contribution in [3.63, 3.8) is 0 Å². The van der Waals surface area contributed by atoms with Gasteiger partial charge in [-0.15, -0.1) is 5.10 Å². The van der Waals surface area contributed by atoms with Gasteiger partial charge in [-0.1, -0.05) is 30.0 Å². The third kappa shape index (κ3) is 4.08. The van der Waals surface area contributed by atoms with Crippen LogP contribution in [0.5, 0.6) is 5.75 Å². The van der Waals surface area contributed by atoms with E-state index in [2.05, 4.69) is 21.6 Å². The van der Waals surface area contributed by atoms with Gasteiger partial charge >= 0.3 is 0 Å².